The van der Waals surface area contributed by atoms with Gasteiger partial charge in [0.2, 0.25) is 11.8 Å². The first-order chi connectivity index (χ1) is 11.6. The van der Waals surface area contributed by atoms with Crippen molar-refractivity contribution in [3.05, 3.63) is 35.4 Å². The third-order valence-electron chi connectivity index (χ3n) is 3.90. The Morgan fingerprint density at radius 1 is 1.20 bits per heavy atom. The van der Waals surface area contributed by atoms with Crippen molar-refractivity contribution in [3.8, 4) is 0 Å². The Labute approximate surface area is 144 Å². The maximum Gasteiger partial charge on any atom is 0.326 e. The molecule has 0 fully saturated rings. The van der Waals surface area contributed by atoms with Crippen LogP contribution in [-0.4, -0.2) is 28.9 Å². The molecule has 8 heteroatoms. The first kappa shape index (κ1) is 20.5. The lowest BCUT2D eigenvalue weighted by Crippen LogP contribution is -2.46. The fraction of sp³-hybridized carbons (Fsp3) is 0.471. The number of carbonyl (C=O) groups excluding carboxylic acids is 2. The van der Waals surface area contributed by atoms with Gasteiger partial charge in [-0.05, 0) is 12.0 Å². The van der Waals surface area contributed by atoms with E-state index in [2.05, 4.69) is 10.6 Å². The lowest BCUT2D eigenvalue weighted by Gasteiger charge is -2.23. The summed E-state index contributed by atoms with van der Waals surface area (Å²) in [6, 6.07) is 0.686. The highest BCUT2D eigenvalue weighted by molar-refractivity contribution is 5.84. The van der Waals surface area contributed by atoms with Crippen molar-refractivity contribution in [2.75, 3.05) is 0 Å². The van der Waals surface area contributed by atoms with Crippen LogP contribution in [0.3, 0.4) is 0 Å². The van der Waals surface area contributed by atoms with Crippen molar-refractivity contribution in [1.82, 2.24) is 10.6 Å². The minimum Gasteiger partial charge on any atom is -0.480 e. The van der Waals surface area contributed by atoms with Gasteiger partial charge in [-0.25, -0.2) is 13.6 Å². The van der Waals surface area contributed by atoms with Gasteiger partial charge >= 0.3 is 5.97 Å². The van der Waals surface area contributed by atoms with Crippen molar-refractivity contribution in [1.29, 1.82) is 0 Å². The molecule has 3 atom stereocenters. The van der Waals surface area contributed by atoms with E-state index in [1.807, 2.05) is 0 Å². The van der Waals surface area contributed by atoms with Gasteiger partial charge in [-0.3, -0.25) is 9.59 Å². The zero-order valence-corrected chi connectivity index (χ0v) is 14.3. The predicted octanol–water partition coefficient (Wildman–Crippen LogP) is 2.15. The summed E-state index contributed by atoms with van der Waals surface area (Å²) in [5, 5.41) is 14.0. The Morgan fingerprint density at radius 3 is 2.32 bits per heavy atom. The lowest BCUT2D eigenvalue weighted by atomic mass is 9.98. The van der Waals surface area contributed by atoms with Gasteiger partial charge in [0.1, 0.15) is 17.7 Å². The number of rotatable bonds is 8. The number of aliphatic carboxylic acids is 1. The Bertz CT molecular complexity index is 652. The SMILES string of the molecule is CC[C@H](C)[C@H](NC(=O)CC(NC(C)=O)c1ccc(F)cc1F)C(=O)O. The number of benzene rings is 1. The molecule has 0 saturated heterocycles. The van der Waals surface area contributed by atoms with Gasteiger partial charge in [0, 0.05) is 18.6 Å². The minimum atomic E-state index is -1.17. The van der Waals surface area contributed by atoms with Crippen LogP contribution in [0.15, 0.2) is 18.2 Å². The highest BCUT2D eigenvalue weighted by atomic mass is 19.1. The van der Waals surface area contributed by atoms with Crippen molar-refractivity contribution in [2.24, 2.45) is 5.92 Å². The van der Waals surface area contributed by atoms with Gasteiger partial charge in [-0.2, -0.15) is 0 Å². The summed E-state index contributed by atoms with van der Waals surface area (Å²) in [5.41, 5.74) is -0.0536. The molecule has 0 radical (unpaired) electrons. The molecule has 0 aliphatic rings. The number of nitrogens with one attached hydrogen (secondary N) is 2. The minimum absolute atomic E-state index is 0.0536. The number of halogens is 2. The van der Waals surface area contributed by atoms with Crippen molar-refractivity contribution >= 4 is 17.8 Å². The number of hydrogen-bond donors (Lipinski definition) is 3. The monoisotopic (exact) mass is 356 g/mol. The van der Waals surface area contributed by atoms with Crippen LogP contribution in [0.1, 0.15) is 45.2 Å². The van der Waals surface area contributed by atoms with Crippen LogP contribution in [0.4, 0.5) is 8.78 Å². The summed E-state index contributed by atoms with van der Waals surface area (Å²) in [4.78, 5) is 34.8. The van der Waals surface area contributed by atoms with Crippen LogP contribution in [0.25, 0.3) is 0 Å². The van der Waals surface area contributed by atoms with Gasteiger partial charge in [-0.1, -0.05) is 26.3 Å². The molecule has 138 valence electrons. The molecule has 1 aromatic carbocycles. The van der Waals surface area contributed by atoms with Crippen LogP contribution in [0, 0.1) is 17.6 Å². The number of amides is 2. The summed E-state index contributed by atoms with van der Waals surface area (Å²) in [5.74, 6) is -4.32. The van der Waals surface area contributed by atoms with E-state index in [0.29, 0.717) is 12.5 Å². The highest BCUT2D eigenvalue weighted by Crippen LogP contribution is 2.21. The summed E-state index contributed by atoms with van der Waals surface area (Å²) in [7, 11) is 0. The number of carboxylic acid groups (broad SMARTS) is 1. The maximum atomic E-state index is 14.0. The maximum absolute atomic E-state index is 14.0. The van der Waals surface area contributed by atoms with E-state index in [0.717, 1.165) is 12.1 Å². The molecular weight excluding hydrogens is 334 g/mol. The Morgan fingerprint density at radius 2 is 1.84 bits per heavy atom. The second-order valence-corrected chi connectivity index (χ2v) is 5.89. The molecular formula is C17H22F2N2O4. The smallest absolute Gasteiger partial charge is 0.326 e. The summed E-state index contributed by atoms with van der Waals surface area (Å²) in [6.07, 6.45) is 0.168. The Balaban J connectivity index is 2.96. The average Bonchev–Trinajstić information content (AvgIpc) is 2.50. The molecule has 25 heavy (non-hydrogen) atoms. The van der Waals surface area contributed by atoms with Gasteiger partial charge in [0.05, 0.1) is 12.5 Å². The molecule has 0 aromatic heterocycles. The second kappa shape index (κ2) is 9.10. The molecule has 0 saturated carbocycles. The molecule has 1 rings (SSSR count). The standard InChI is InChI=1S/C17H22F2N2O4/c1-4-9(2)16(17(24)25)21-15(23)8-14(20-10(3)22)12-6-5-11(18)7-13(12)19/h5-7,9,14,16H,4,8H2,1-3H3,(H,20,22)(H,21,23)(H,24,25)/t9-,14?,16-/m0/s1. The molecule has 6 nitrogen and oxygen atoms in total. The quantitative estimate of drug-likeness (QED) is 0.665. The topological polar surface area (TPSA) is 95.5 Å². The van der Waals surface area contributed by atoms with Crippen molar-refractivity contribution in [2.45, 2.75) is 45.7 Å². The molecule has 0 heterocycles. The third kappa shape index (κ3) is 6.13. The number of carbonyl (C=O) groups is 3. The fourth-order valence-corrected chi connectivity index (χ4v) is 2.37. The van der Waals surface area contributed by atoms with E-state index in [1.54, 1.807) is 13.8 Å². The first-order valence-electron chi connectivity index (χ1n) is 7.89. The fourth-order valence-electron chi connectivity index (χ4n) is 2.37. The molecule has 1 aromatic rings. The lowest BCUT2D eigenvalue weighted by molar-refractivity contribution is -0.143. The first-order valence-corrected chi connectivity index (χ1v) is 7.89. The van der Waals surface area contributed by atoms with Crippen molar-refractivity contribution in [3.63, 3.8) is 0 Å². The molecule has 0 aliphatic carbocycles. The normalized spacial score (nSPS) is 14.3. The number of carboxylic acids is 1. The van der Waals surface area contributed by atoms with Gasteiger partial charge in [-0.15, -0.1) is 0 Å². The average molecular weight is 356 g/mol. The molecule has 1 unspecified atom stereocenters. The molecule has 0 aliphatic heterocycles. The molecule has 0 bridgehead atoms. The number of hydrogen-bond acceptors (Lipinski definition) is 3. The molecule has 0 spiro atoms. The zero-order chi connectivity index (χ0) is 19.1. The predicted molar refractivity (Wildman–Crippen MR) is 86.6 cm³/mol. The second-order valence-electron chi connectivity index (χ2n) is 5.89. The Hall–Kier alpha value is -2.51. The summed E-state index contributed by atoms with van der Waals surface area (Å²) >= 11 is 0. The van der Waals surface area contributed by atoms with E-state index in [4.69, 9.17) is 0 Å². The van der Waals surface area contributed by atoms with Crippen LogP contribution >= 0.6 is 0 Å². The van der Waals surface area contributed by atoms with E-state index >= 15 is 0 Å². The van der Waals surface area contributed by atoms with Crippen LogP contribution in [0.5, 0.6) is 0 Å². The van der Waals surface area contributed by atoms with E-state index in [1.165, 1.54) is 6.92 Å². The molecule has 2 amide bonds. The summed E-state index contributed by atoms with van der Waals surface area (Å²) < 4.78 is 27.0. The van der Waals surface area contributed by atoms with Crippen LogP contribution in [-0.2, 0) is 14.4 Å². The third-order valence-corrected chi connectivity index (χ3v) is 3.90. The Kier molecular flexibility index (Phi) is 7.47. The molecule has 3 N–H and O–H groups in total. The van der Waals surface area contributed by atoms with Gasteiger partial charge < -0.3 is 15.7 Å². The zero-order valence-electron chi connectivity index (χ0n) is 14.3. The van der Waals surface area contributed by atoms with E-state index in [9.17, 15) is 28.3 Å². The van der Waals surface area contributed by atoms with Gasteiger partial charge in [0.25, 0.3) is 0 Å². The summed E-state index contributed by atoms with van der Waals surface area (Å²) in [6.45, 7) is 4.68. The van der Waals surface area contributed by atoms with Crippen molar-refractivity contribution < 1.29 is 28.3 Å². The van der Waals surface area contributed by atoms with Crippen LogP contribution in [0.2, 0.25) is 0 Å². The van der Waals surface area contributed by atoms with Crippen LogP contribution < -0.4 is 10.6 Å². The largest absolute Gasteiger partial charge is 0.480 e. The van der Waals surface area contributed by atoms with E-state index < -0.39 is 41.5 Å². The van der Waals surface area contributed by atoms with E-state index in [-0.39, 0.29) is 17.9 Å². The highest BCUT2D eigenvalue weighted by Gasteiger charge is 2.27. The van der Waals surface area contributed by atoms with Gasteiger partial charge in [0.15, 0.2) is 0 Å².